The average Bonchev–Trinajstić information content (AvgIpc) is 3.06. The van der Waals surface area contributed by atoms with Gasteiger partial charge in [0.05, 0.1) is 10.6 Å². The maximum atomic E-state index is 12.6. The first-order valence-electron chi connectivity index (χ1n) is 10.6. The Kier molecular flexibility index (Phi) is 6.40. The van der Waals surface area contributed by atoms with Crippen LogP contribution in [0.2, 0.25) is 0 Å². The molecule has 1 fully saturated rings. The van der Waals surface area contributed by atoms with Crippen molar-refractivity contribution in [2.45, 2.75) is 39.0 Å². The lowest BCUT2D eigenvalue weighted by molar-refractivity contribution is -0.121. The Morgan fingerprint density at radius 2 is 1.91 bits per heavy atom. The molecule has 0 radical (unpaired) electrons. The van der Waals surface area contributed by atoms with E-state index in [0.29, 0.717) is 21.5 Å². The molecule has 2 aromatic carbocycles. The summed E-state index contributed by atoms with van der Waals surface area (Å²) in [5.41, 5.74) is 4.28. The molecule has 1 N–H and O–H groups in total. The number of amides is 2. The van der Waals surface area contributed by atoms with E-state index < -0.39 is 0 Å². The van der Waals surface area contributed by atoms with Crippen LogP contribution < -0.4 is 15.0 Å². The van der Waals surface area contributed by atoms with Crippen LogP contribution >= 0.6 is 24.0 Å². The van der Waals surface area contributed by atoms with E-state index in [9.17, 15) is 9.59 Å². The number of anilines is 1. The van der Waals surface area contributed by atoms with E-state index in [2.05, 4.69) is 50.4 Å². The minimum Gasteiger partial charge on any atom is -0.482 e. The predicted octanol–water partition coefficient (Wildman–Crippen LogP) is 4.83. The molecule has 0 unspecified atom stereocenters. The normalized spacial score (nSPS) is 17.4. The van der Waals surface area contributed by atoms with E-state index in [1.165, 1.54) is 22.9 Å². The Bertz CT molecular complexity index is 1100. The van der Waals surface area contributed by atoms with Gasteiger partial charge in [-0.05, 0) is 53.2 Å². The van der Waals surface area contributed by atoms with E-state index in [-0.39, 0.29) is 23.8 Å². The monoisotopic (exact) mass is 466 g/mol. The molecular weight excluding hydrogens is 440 g/mol. The number of carbonyl (C=O) groups excluding carboxylic acids is 2. The number of ether oxygens (including phenoxy) is 1. The van der Waals surface area contributed by atoms with Crippen molar-refractivity contribution >= 4 is 51.9 Å². The standard InChI is InChI=1S/C25H26N2O3S2/c1-25(2,3)18-9-6-16(7-10-18)5-4-12-27-19-13-17(8-11-20(19)30-15-22(27)28)14-21-23(29)26-24(31)32-21/h6-11,13-14H,4-5,12,15H2,1-3H3,(H,26,29,31)/b21-14-. The van der Waals surface area contributed by atoms with Crippen LogP contribution in [0.3, 0.4) is 0 Å². The van der Waals surface area contributed by atoms with Gasteiger partial charge in [0.2, 0.25) is 0 Å². The van der Waals surface area contributed by atoms with Gasteiger partial charge in [-0.3, -0.25) is 9.59 Å². The molecule has 2 aliphatic heterocycles. The summed E-state index contributed by atoms with van der Waals surface area (Å²) in [5.74, 6) is 0.430. The summed E-state index contributed by atoms with van der Waals surface area (Å²) in [6, 6.07) is 14.4. The molecular formula is C25H26N2O3S2. The number of fused-ring (bicyclic) bond motifs is 1. The molecule has 7 heteroatoms. The molecule has 4 rings (SSSR count). The van der Waals surface area contributed by atoms with Gasteiger partial charge in [-0.1, -0.05) is 75.1 Å². The highest BCUT2D eigenvalue weighted by Crippen LogP contribution is 2.35. The van der Waals surface area contributed by atoms with Crippen molar-refractivity contribution < 1.29 is 14.3 Å². The molecule has 32 heavy (non-hydrogen) atoms. The van der Waals surface area contributed by atoms with Crippen LogP contribution in [0.25, 0.3) is 6.08 Å². The summed E-state index contributed by atoms with van der Waals surface area (Å²) in [6.07, 6.45) is 3.52. The van der Waals surface area contributed by atoms with Crippen molar-refractivity contribution in [1.82, 2.24) is 5.32 Å². The fraction of sp³-hybridized carbons (Fsp3) is 0.320. The van der Waals surface area contributed by atoms with Gasteiger partial charge in [0, 0.05) is 6.54 Å². The number of carbonyl (C=O) groups is 2. The maximum Gasteiger partial charge on any atom is 0.265 e. The van der Waals surface area contributed by atoms with Crippen molar-refractivity contribution in [2.75, 3.05) is 18.1 Å². The number of nitrogens with zero attached hydrogens (tertiary/aromatic N) is 1. The van der Waals surface area contributed by atoms with Crippen LogP contribution in [-0.4, -0.2) is 29.3 Å². The lowest BCUT2D eigenvalue weighted by Gasteiger charge is -2.29. The van der Waals surface area contributed by atoms with E-state index in [1.54, 1.807) is 11.0 Å². The number of aryl methyl sites for hydroxylation is 1. The van der Waals surface area contributed by atoms with Crippen LogP contribution in [0.15, 0.2) is 47.4 Å². The second-order valence-corrected chi connectivity index (χ2v) is 10.7. The van der Waals surface area contributed by atoms with Crippen LogP contribution in [0.4, 0.5) is 5.69 Å². The molecule has 0 aliphatic carbocycles. The van der Waals surface area contributed by atoms with Crippen molar-refractivity contribution in [3.63, 3.8) is 0 Å². The number of rotatable bonds is 5. The van der Waals surface area contributed by atoms with Gasteiger partial charge in [-0.15, -0.1) is 0 Å². The SMILES string of the molecule is CC(C)(C)c1ccc(CCCN2C(=O)COc3ccc(/C=C4\SC(=S)NC4=O)cc32)cc1. The zero-order valence-electron chi connectivity index (χ0n) is 18.4. The number of nitrogens with one attached hydrogen (secondary N) is 1. The first kappa shape index (κ1) is 22.6. The van der Waals surface area contributed by atoms with Crippen LogP contribution in [0.5, 0.6) is 5.75 Å². The predicted molar refractivity (Wildman–Crippen MR) is 134 cm³/mol. The van der Waals surface area contributed by atoms with Crippen molar-refractivity contribution in [3.8, 4) is 5.75 Å². The van der Waals surface area contributed by atoms with Gasteiger partial charge in [0.15, 0.2) is 6.61 Å². The lowest BCUT2D eigenvalue weighted by atomic mass is 9.86. The smallest absolute Gasteiger partial charge is 0.265 e. The van der Waals surface area contributed by atoms with E-state index >= 15 is 0 Å². The molecule has 2 amide bonds. The topological polar surface area (TPSA) is 58.6 Å². The number of benzene rings is 2. The third-order valence-electron chi connectivity index (χ3n) is 5.53. The molecule has 0 spiro atoms. The zero-order chi connectivity index (χ0) is 22.9. The van der Waals surface area contributed by atoms with E-state index in [4.69, 9.17) is 17.0 Å². The molecule has 1 saturated heterocycles. The fourth-order valence-corrected chi connectivity index (χ4v) is 4.78. The molecule has 0 aromatic heterocycles. The summed E-state index contributed by atoms with van der Waals surface area (Å²) in [5, 5.41) is 2.62. The molecule has 2 heterocycles. The quantitative estimate of drug-likeness (QED) is 0.505. The number of hydrogen-bond donors (Lipinski definition) is 1. The highest BCUT2D eigenvalue weighted by atomic mass is 32.2. The van der Waals surface area contributed by atoms with Gasteiger partial charge in [0.1, 0.15) is 10.1 Å². The molecule has 166 valence electrons. The Morgan fingerprint density at radius 3 is 2.56 bits per heavy atom. The second kappa shape index (κ2) is 9.08. The highest BCUT2D eigenvalue weighted by Gasteiger charge is 2.26. The van der Waals surface area contributed by atoms with Gasteiger partial charge in [-0.25, -0.2) is 0 Å². The molecule has 0 bridgehead atoms. The zero-order valence-corrected chi connectivity index (χ0v) is 20.1. The van der Waals surface area contributed by atoms with Crippen LogP contribution in [0, 0.1) is 0 Å². The van der Waals surface area contributed by atoms with E-state index in [0.717, 1.165) is 24.1 Å². The van der Waals surface area contributed by atoms with Crippen molar-refractivity contribution in [1.29, 1.82) is 0 Å². The summed E-state index contributed by atoms with van der Waals surface area (Å²) >= 11 is 6.29. The van der Waals surface area contributed by atoms with Crippen LogP contribution in [-0.2, 0) is 21.4 Å². The molecule has 5 nitrogen and oxygen atoms in total. The third kappa shape index (κ3) is 5.05. The average molecular weight is 467 g/mol. The summed E-state index contributed by atoms with van der Waals surface area (Å²) in [4.78, 5) is 26.9. The van der Waals surface area contributed by atoms with Gasteiger partial charge < -0.3 is 15.0 Å². The Balaban J connectivity index is 1.47. The first-order valence-corrected chi connectivity index (χ1v) is 11.8. The second-order valence-electron chi connectivity index (χ2n) is 8.96. The number of thioether (sulfide) groups is 1. The maximum absolute atomic E-state index is 12.6. The van der Waals surface area contributed by atoms with Crippen molar-refractivity contribution in [2.24, 2.45) is 0 Å². The van der Waals surface area contributed by atoms with E-state index in [1.807, 2.05) is 18.2 Å². The lowest BCUT2D eigenvalue weighted by Crippen LogP contribution is -2.39. The van der Waals surface area contributed by atoms with Gasteiger partial charge >= 0.3 is 0 Å². The minimum absolute atomic E-state index is 0.0419. The third-order valence-corrected chi connectivity index (χ3v) is 6.70. The minimum atomic E-state index is -0.195. The Hall–Kier alpha value is -2.64. The highest BCUT2D eigenvalue weighted by molar-refractivity contribution is 8.26. The molecule has 0 atom stereocenters. The van der Waals surface area contributed by atoms with Crippen molar-refractivity contribution in [3.05, 3.63) is 64.1 Å². The van der Waals surface area contributed by atoms with Gasteiger partial charge in [0.25, 0.3) is 11.8 Å². The van der Waals surface area contributed by atoms with Crippen LogP contribution in [0.1, 0.15) is 43.9 Å². The molecule has 2 aromatic rings. The molecule has 2 aliphatic rings. The largest absolute Gasteiger partial charge is 0.482 e. The number of hydrogen-bond acceptors (Lipinski definition) is 5. The first-order chi connectivity index (χ1) is 15.2. The van der Waals surface area contributed by atoms with Gasteiger partial charge in [-0.2, -0.15) is 0 Å². The number of thiocarbonyl (C=S) groups is 1. The Morgan fingerprint density at radius 1 is 1.16 bits per heavy atom. The Labute approximate surface area is 198 Å². The summed E-state index contributed by atoms with van der Waals surface area (Å²) < 4.78 is 6.08. The summed E-state index contributed by atoms with van der Waals surface area (Å²) in [7, 11) is 0. The fourth-order valence-electron chi connectivity index (χ4n) is 3.74. The molecule has 0 saturated carbocycles. The summed E-state index contributed by atoms with van der Waals surface area (Å²) in [6.45, 7) is 7.27.